The highest BCUT2D eigenvalue weighted by Crippen LogP contribution is 2.35. The van der Waals surface area contributed by atoms with Gasteiger partial charge in [-0.05, 0) is 64.5 Å². The number of hydrogen-bond donors (Lipinski definition) is 2. The van der Waals surface area contributed by atoms with Gasteiger partial charge in [-0.2, -0.15) is 0 Å². The van der Waals surface area contributed by atoms with Gasteiger partial charge in [0, 0.05) is 22.2 Å². The van der Waals surface area contributed by atoms with Crippen molar-refractivity contribution in [3.05, 3.63) is 99.9 Å². The van der Waals surface area contributed by atoms with Gasteiger partial charge < -0.3 is 19.3 Å². The maximum absolute atomic E-state index is 12.4. The maximum atomic E-state index is 12.4. The van der Waals surface area contributed by atoms with Crippen LogP contribution in [0.5, 0.6) is 17.2 Å². The molecule has 0 aliphatic heterocycles. The lowest BCUT2D eigenvalue weighted by molar-refractivity contribution is -0.131. The molecule has 8 nitrogen and oxygen atoms in total. The number of fused-ring (bicyclic) bond motifs is 1. The number of thioether (sulfide) groups is 1. The van der Waals surface area contributed by atoms with E-state index in [0.717, 1.165) is 28.1 Å². The monoisotopic (exact) mass is 573 g/mol. The Labute approximate surface area is 239 Å². The van der Waals surface area contributed by atoms with E-state index in [2.05, 4.69) is 15.2 Å². The Morgan fingerprint density at radius 3 is 2.42 bits per heavy atom. The molecule has 0 fully saturated rings. The minimum absolute atomic E-state index is 0.0291. The molecule has 0 spiro atoms. The van der Waals surface area contributed by atoms with Gasteiger partial charge in [0.05, 0.1) is 14.2 Å². The topological polar surface area (TPSA) is 107 Å². The molecule has 5 rings (SSSR count). The number of methoxy groups -OCH3 is 2. The van der Waals surface area contributed by atoms with Crippen LogP contribution in [0.2, 0.25) is 5.02 Å². The number of H-pyrrole nitrogens is 1. The van der Waals surface area contributed by atoms with Crippen molar-refractivity contribution in [2.45, 2.75) is 11.8 Å². The number of benzene rings is 4. The Bertz CT molecular complexity index is 1680. The quantitative estimate of drug-likeness (QED) is 0.135. The summed E-state index contributed by atoms with van der Waals surface area (Å²) in [5.41, 5.74) is 2.26. The van der Waals surface area contributed by atoms with Crippen molar-refractivity contribution in [3.63, 3.8) is 0 Å². The number of halogens is 1. The fourth-order valence-corrected chi connectivity index (χ4v) is 4.84. The molecule has 10 heteroatoms. The van der Waals surface area contributed by atoms with Crippen molar-refractivity contribution in [2.75, 3.05) is 14.2 Å². The van der Waals surface area contributed by atoms with E-state index in [1.165, 1.54) is 0 Å². The Hall–Kier alpha value is -4.47. The van der Waals surface area contributed by atoms with Crippen LogP contribution in [0, 0.1) is 0 Å². The van der Waals surface area contributed by atoms with E-state index < -0.39 is 5.97 Å². The van der Waals surface area contributed by atoms with Crippen molar-refractivity contribution < 1.29 is 24.1 Å². The van der Waals surface area contributed by atoms with Crippen LogP contribution in [0.1, 0.15) is 11.1 Å². The summed E-state index contributed by atoms with van der Waals surface area (Å²) >= 11 is 6.94. The minimum Gasteiger partial charge on any atom is -0.497 e. The molecule has 0 bridgehead atoms. The molecule has 0 aliphatic rings. The summed E-state index contributed by atoms with van der Waals surface area (Å²) in [7, 11) is 3.12. The predicted molar refractivity (Wildman–Crippen MR) is 156 cm³/mol. The number of aromatic amines is 1. The summed E-state index contributed by atoms with van der Waals surface area (Å²) in [5, 5.41) is 19.9. The lowest BCUT2D eigenvalue weighted by atomic mass is 10.0. The van der Waals surface area contributed by atoms with Crippen molar-refractivity contribution in [3.8, 4) is 28.6 Å². The van der Waals surface area contributed by atoms with Crippen LogP contribution in [-0.2, 0) is 11.4 Å². The number of aliphatic carboxylic acids is 1. The maximum Gasteiger partial charge on any atom is 0.342 e. The standard InChI is InChI=1S/C30H24ClN3O5S/c1-37-22-13-20(14-23(15-22)38-2)28-32-30(34-33-28)40-27(29(35)36)16-25-24-6-4-3-5-19(24)9-12-26(25)39-17-18-7-10-21(31)11-8-18/h3-16H,17H2,1-2H3,(H,35,36)(H,32,33,34)/b27-16-. The molecular formula is C30H24ClN3O5S. The highest BCUT2D eigenvalue weighted by molar-refractivity contribution is 8.04. The largest absolute Gasteiger partial charge is 0.497 e. The third-order valence-corrected chi connectivity index (χ3v) is 7.15. The second-order valence-corrected chi connectivity index (χ2v) is 10.0. The zero-order chi connectivity index (χ0) is 28.1. The Morgan fingerprint density at radius 2 is 1.73 bits per heavy atom. The van der Waals surface area contributed by atoms with E-state index in [9.17, 15) is 9.90 Å². The summed E-state index contributed by atoms with van der Waals surface area (Å²) in [6.45, 7) is 0.292. The summed E-state index contributed by atoms with van der Waals surface area (Å²) in [5.74, 6) is 1.06. The lowest BCUT2D eigenvalue weighted by Gasteiger charge is -2.13. The molecule has 0 unspecified atom stereocenters. The number of carboxylic acids is 1. The molecule has 4 aromatic carbocycles. The molecule has 40 heavy (non-hydrogen) atoms. The van der Waals surface area contributed by atoms with Gasteiger partial charge in [-0.25, -0.2) is 9.78 Å². The Morgan fingerprint density at radius 1 is 1.00 bits per heavy atom. The van der Waals surface area contributed by atoms with Crippen LogP contribution >= 0.6 is 23.4 Å². The molecule has 0 aliphatic carbocycles. The van der Waals surface area contributed by atoms with Gasteiger partial charge in [-0.1, -0.05) is 54.1 Å². The second-order valence-electron chi connectivity index (χ2n) is 8.60. The number of nitrogens with one attached hydrogen (secondary N) is 1. The molecule has 0 saturated heterocycles. The average molecular weight is 574 g/mol. The molecule has 0 amide bonds. The first-order chi connectivity index (χ1) is 19.4. The number of carbonyl (C=O) groups is 1. The van der Waals surface area contributed by atoms with Crippen molar-refractivity contribution in [2.24, 2.45) is 0 Å². The van der Waals surface area contributed by atoms with Crippen molar-refractivity contribution in [1.29, 1.82) is 0 Å². The Kier molecular flexibility index (Phi) is 8.23. The molecule has 0 atom stereocenters. The number of aromatic nitrogens is 3. The van der Waals surface area contributed by atoms with Gasteiger partial charge in [0.25, 0.3) is 0 Å². The second kappa shape index (κ2) is 12.1. The van der Waals surface area contributed by atoms with E-state index in [1.807, 2.05) is 48.5 Å². The highest BCUT2D eigenvalue weighted by Gasteiger charge is 2.18. The summed E-state index contributed by atoms with van der Waals surface area (Å²) < 4.78 is 16.8. The van der Waals surface area contributed by atoms with Gasteiger partial charge in [0.1, 0.15) is 28.8 Å². The SMILES string of the molecule is COc1cc(OC)cc(-c2nc(S/C(=C\c3c(OCc4ccc(Cl)cc4)ccc4ccccc34)C(=O)O)n[nH]2)c1. The molecular weight excluding hydrogens is 550 g/mol. The molecule has 202 valence electrons. The van der Waals surface area contributed by atoms with Crippen molar-refractivity contribution >= 4 is 46.2 Å². The lowest BCUT2D eigenvalue weighted by Crippen LogP contribution is -2.00. The van der Waals surface area contributed by atoms with Gasteiger partial charge >= 0.3 is 5.97 Å². The predicted octanol–water partition coefficient (Wildman–Crippen LogP) is 7.09. The molecule has 1 heterocycles. The average Bonchev–Trinajstić information content (AvgIpc) is 3.45. The number of nitrogens with zero attached hydrogens (tertiary/aromatic N) is 2. The fraction of sp³-hybridized carbons (Fsp3) is 0.100. The van der Waals surface area contributed by atoms with E-state index in [4.69, 9.17) is 25.8 Å². The van der Waals surface area contributed by atoms with E-state index in [0.29, 0.717) is 45.8 Å². The zero-order valence-corrected chi connectivity index (χ0v) is 23.1. The molecule has 2 N–H and O–H groups in total. The zero-order valence-electron chi connectivity index (χ0n) is 21.6. The van der Waals surface area contributed by atoms with Crippen LogP contribution < -0.4 is 14.2 Å². The van der Waals surface area contributed by atoms with Crippen molar-refractivity contribution in [1.82, 2.24) is 15.2 Å². The number of hydrogen-bond acceptors (Lipinski definition) is 7. The normalized spacial score (nSPS) is 11.4. The smallest absolute Gasteiger partial charge is 0.342 e. The molecule has 1 aromatic heterocycles. The highest BCUT2D eigenvalue weighted by atomic mass is 35.5. The molecule has 0 saturated carbocycles. The minimum atomic E-state index is -1.11. The van der Waals surface area contributed by atoms with Crippen LogP contribution in [0.25, 0.3) is 28.2 Å². The summed E-state index contributed by atoms with van der Waals surface area (Å²) in [6.07, 6.45) is 1.59. The van der Waals surface area contributed by atoms with Crippen LogP contribution in [-0.4, -0.2) is 40.5 Å². The third-order valence-electron chi connectivity index (χ3n) is 6.02. The van der Waals surface area contributed by atoms with Crippen LogP contribution in [0.3, 0.4) is 0 Å². The summed E-state index contributed by atoms with van der Waals surface area (Å²) in [6, 6.07) is 24.2. The van der Waals surface area contributed by atoms with E-state index >= 15 is 0 Å². The Balaban J connectivity index is 1.48. The first kappa shape index (κ1) is 27.1. The number of carboxylic acid groups (broad SMARTS) is 1. The van der Waals surface area contributed by atoms with Gasteiger partial charge in [0.2, 0.25) is 5.16 Å². The van der Waals surface area contributed by atoms with E-state index in [-0.39, 0.29) is 10.1 Å². The van der Waals surface area contributed by atoms with Gasteiger partial charge in [0.15, 0.2) is 5.82 Å². The molecule has 0 radical (unpaired) electrons. The number of rotatable bonds is 10. The molecule has 5 aromatic rings. The van der Waals surface area contributed by atoms with Crippen LogP contribution in [0.4, 0.5) is 0 Å². The first-order valence-electron chi connectivity index (χ1n) is 12.1. The number of ether oxygens (including phenoxy) is 3. The third kappa shape index (κ3) is 6.22. The first-order valence-corrected chi connectivity index (χ1v) is 13.3. The fourth-order valence-electron chi connectivity index (χ4n) is 4.02. The van der Waals surface area contributed by atoms with Gasteiger partial charge in [-0.3, -0.25) is 5.10 Å². The van der Waals surface area contributed by atoms with Crippen LogP contribution in [0.15, 0.2) is 88.9 Å². The van der Waals surface area contributed by atoms with Gasteiger partial charge in [-0.15, -0.1) is 5.10 Å². The van der Waals surface area contributed by atoms with E-state index in [1.54, 1.807) is 50.6 Å². The summed E-state index contributed by atoms with van der Waals surface area (Å²) in [4.78, 5) is 16.9.